The van der Waals surface area contributed by atoms with E-state index in [0.717, 1.165) is 26.1 Å². The number of nitrogens with zero attached hydrogens (tertiary/aromatic N) is 6. The fourth-order valence-electron chi connectivity index (χ4n) is 5.08. The first kappa shape index (κ1) is 24.5. The Morgan fingerprint density at radius 3 is 2.72 bits per heavy atom. The second-order valence-electron chi connectivity index (χ2n) is 9.31. The Labute approximate surface area is 213 Å². The van der Waals surface area contributed by atoms with Crippen LogP contribution in [-0.4, -0.2) is 80.7 Å². The molecule has 2 fully saturated rings. The molecule has 1 atom stereocenters. The summed E-state index contributed by atoms with van der Waals surface area (Å²) in [6.07, 6.45) is 7.58. The summed E-state index contributed by atoms with van der Waals surface area (Å²) in [5.41, 5.74) is 7.43. The predicted molar refractivity (Wildman–Crippen MR) is 138 cm³/mol. The molecule has 36 heavy (non-hydrogen) atoms. The van der Waals surface area contributed by atoms with E-state index in [-0.39, 0.29) is 23.5 Å². The van der Waals surface area contributed by atoms with Crippen molar-refractivity contribution in [1.82, 2.24) is 28.9 Å². The van der Waals surface area contributed by atoms with Gasteiger partial charge in [-0.15, -0.1) is 0 Å². The van der Waals surface area contributed by atoms with Gasteiger partial charge in [0.15, 0.2) is 11.5 Å². The van der Waals surface area contributed by atoms with Crippen LogP contribution >= 0.6 is 11.6 Å². The van der Waals surface area contributed by atoms with Gasteiger partial charge in [0.1, 0.15) is 11.8 Å². The lowest BCUT2D eigenvalue weighted by atomic mass is 10.1. The maximum absolute atomic E-state index is 13.6. The van der Waals surface area contributed by atoms with Crippen LogP contribution in [0.15, 0.2) is 47.5 Å². The van der Waals surface area contributed by atoms with Crippen LogP contribution in [-0.2, 0) is 9.53 Å². The van der Waals surface area contributed by atoms with Gasteiger partial charge in [0, 0.05) is 50.0 Å². The molecule has 5 rings (SSSR count). The molecule has 2 N–H and O–H groups in total. The van der Waals surface area contributed by atoms with E-state index in [1.165, 1.54) is 10.9 Å². The van der Waals surface area contributed by atoms with E-state index in [0.29, 0.717) is 54.0 Å². The quantitative estimate of drug-likeness (QED) is 0.505. The Hall–Kier alpha value is -3.21. The zero-order valence-corrected chi connectivity index (χ0v) is 21.0. The molecule has 0 aliphatic carbocycles. The first-order valence-corrected chi connectivity index (χ1v) is 12.5. The zero-order valence-electron chi connectivity index (χ0n) is 20.2. The lowest BCUT2D eigenvalue weighted by molar-refractivity contribution is -0.125. The number of likely N-dealkylation sites (N-methyl/N-ethyl adjacent to an activating group) is 1. The second-order valence-corrected chi connectivity index (χ2v) is 9.74. The van der Waals surface area contributed by atoms with Gasteiger partial charge in [-0.1, -0.05) is 17.7 Å². The number of hydrogen-bond acceptors (Lipinski definition) is 7. The number of anilines is 1. The largest absolute Gasteiger partial charge is 0.382 e. The lowest BCUT2D eigenvalue weighted by Gasteiger charge is -2.30. The van der Waals surface area contributed by atoms with Gasteiger partial charge in [0.2, 0.25) is 5.91 Å². The van der Waals surface area contributed by atoms with Gasteiger partial charge in [0.25, 0.3) is 0 Å². The smallest absolute Gasteiger partial charge is 0.335 e. The molecule has 4 heterocycles. The van der Waals surface area contributed by atoms with E-state index in [9.17, 15) is 9.59 Å². The topological polar surface area (TPSA) is 112 Å². The fourth-order valence-corrected chi connectivity index (χ4v) is 5.21. The molecule has 1 amide bonds. The van der Waals surface area contributed by atoms with Gasteiger partial charge >= 0.3 is 5.69 Å². The molecule has 2 aliphatic heterocycles. The number of nitrogens with two attached hydrogens (primary N) is 1. The molecule has 0 bridgehead atoms. The first-order valence-electron chi connectivity index (χ1n) is 12.2. The summed E-state index contributed by atoms with van der Waals surface area (Å²) >= 11 is 6.04. The Balaban J connectivity index is 1.34. The zero-order chi connectivity index (χ0) is 25.2. The van der Waals surface area contributed by atoms with Crippen LogP contribution in [0.3, 0.4) is 0 Å². The number of likely N-dealkylation sites (tertiary alicyclic amines) is 1. The highest BCUT2D eigenvalue weighted by Crippen LogP contribution is 2.27. The van der Waals surface area contributed by atoms with Gasteiger partial charge in [-0.05, 0) is 50.6 Å². The number of halogens is 1. The molecule has 2 aromatic heterocycles. The van der Waals surface area contributed by atoms with Crippen molar-refractivity contribution in [1.29, 1.82) is 0 Å². The van der Waals surface area contributed by atoms with Crippen molar-refractivity contribution in [3.05, 3.63) is 58.3 Å². The Morgan fingerprint density at radius 2 is 1.97 bits per heavy atom. The molecule has 3 aromatic rings. The average molecular weight is 512 g/mol. The van der Waals surface area contributed by atoms with Crippen molar-refractivity contribution in [2.75, 3.05) is 45.6 Å². The summed E-state index contributed by atoms with van der Waals surface area (Å²) in [6.45, 7) is 3.26. The number of fused-ring (bicyclic) bond motifs is 1. The molecule has 1 unspecified atom stereocenters. The van der Waals surface area contributed by atoms with Crippen LogP contribution in [0.2, 0.25) is 5.02 Å². The van der Waals surface area contributed by atoms with Crippen molar-refractivity contribution in [2.24, 2.45) is 0 Å². The monoisotopic (exact) mass is 511 g/mol. The third-order valence-electron chi connectivity index (χ3n) is 7.07. The van der Waals surface area contributed by atoms with Gasteiger partial charge in [-0.3, -0.25) is 18.8 Å². The number of imidazole rings is 1. The van der Waals surface area contributed by atoms with Crippen LogP contribution in [0.5, 0.6) is 0 Å². The summed E-state index contributed by atoms with van der Waals surface area (Å²) in [7, 11) is 2.08. The van der Waals surface area contributed by atoms with Crippen molar-refractivity contribution < 1.29 is 9.53 Å². The number of hydrogen-bond donors (Lipinski definition) is 1. The van der Waals surface area contributed by atoms with Crippen molar-refractivity contribution in [3.8, 4) is 5.69 Å². The second kappa shape index (κ2) is 10.4. The molecular weight excluding hydrogens is 482 g/mol. The number of rotatable bonds is 6. The Bertz CT molecular complexity index is 1330. The minimum atomic E-state index is -0.271. The third-order valence-corrected chi connectivity index (χ3v) is 7.33. The van der Waals surface area contributed by atoms with Gasteiger partial charge in [0.05, 0.1) is 11.7 Å². The number of ether oxygens (including phenoxy) is 1. The fraction of sp³-hybridized carbons (Fsp3) is 0.440. The van der Waals surface area contributed by atoms with E-state index in [1.807, 2.05) is 6.08 Å². The van der Waals surface area contributed by atoms with E-state index in [4.69, 9.17) is 22.1 Å². The Kier molecular flexibility index (Phi) is 7.08. The minimum Gasteiger partial charge on any atom is -0.382 e. The average Bonchev–Trinajstić information content (AvgIpc) is 3.48. The molecule has 11 heteroatoms. The third kappa shape index (κ3) is 4.76. The van der Waals surface area contributed by atoms with E-state index >= 15 is 0 Å². The number of carbonyl (C=O) groups excluding carboxylic acids is 1. The summed E-state index contributed by atoms with van der Waals surface area (Å²) in [6, 6.07) is 7.21. The van der Waals surface area contributed by atoms with Gasteiger partial charge in [-0.2, -0.15) is 0 Å². The van der Waals surface area contributed by atoms with Crippen LogP contribution in [0.4, 0.5) is 5.82 Å². The molecule has 0 saturated carbocycles. The SMILES string of the molecule is CN(CC=CC(=O)N1CCC(n2c(=O)n(-c3ccc(Cl)cc3)c3c(N)ncnc32)C1)C1CCOCC1. The number of carbonyl (C=O) groups is 1. The first-order chi connectivity index (χ1) is 17.4. The highest BCUT2D eigenvalue weighted by atomic mass is 35.5. The molecule has 10 nitrogen and oxygen atoms in total. The van der Waals surface area contributed by atoms with Crippen LogP contribution in [0, 0.1) is 0 Å². The summed E-state index contributed by atoms with van der Waals surface area (Å²) in [5.74, 6) is 0.162. The molecule has 2 aliphatic rings. The van der Waals surface area contributed by atoms with Crippen molar-refractivity contribution in [3.63, 3.8) is 0 Å². The van der Waals surface area contributed by atoms with Crippen LogP contribution in [0.25, 0.3) is 16.9 Å². The van der Waals surface area contributed by atoms with Gasteiger partial charge < -0.3 is 15.4 Å². The van der Waals surface area contributed by atoms with E-state index in [2.05, 4.69) is 21.9 Å². The van der Waals surface area contributed by atoms with Crippen molar-refractivity contribution >= 4 is 34.5 Å². The number of benzene rings is 1. The Morgan fingerprint density at radius 1 is 1.22 bits per heavy atom. The summed E-state index contributed by atoms with van der Waals surface area (Å²) < 4.78 is 8.58. The highest BCUT2D eigenvalue weighted by Gasteiger charge is 2.31. The summed E-state index contributed by atoms with van der Waals surface area (Å²) in [5, 5.41) is 0.566. The standard InChI is InChI=1S/C25H30ClN7O3/c1-30(18-9-13-36-14-10-18)11-2-3-21(34)31-12-8-20(15-31)33-24-22(23(27)28-16-29-24)32(25(33)35)19-6-4-17(26)5-7-19/h2-7,16,18,20H,8-15H2,1H3,(H2,27,28,29). The number of aromatic nitrogens is 4. The predicted octanol–water partition coefficient (Wildman–Crippen LogP) is 2.26. The number of nitrogen functional groups attached to an aromatic ring is 1. The lowest BCUT2D eigenvalue weighted by Crippen LogP contribution is -2.36. The normalized spacial score (nSPS) is 19.2. The van der Waals surface area contributed by atoms with Crippen molar-refractivity contribution in [2.45, 2.75) is 31.3 Å². The van der Waals surface area contributed by atoms with Crippen LogP contribution in [0.1, 0.15) is 25.3 Å². The minimum absolute atomic E-state index is 0.0542. The molecule has 2 saturated heterocycles. The molecule has 1 aromatic carbocycles. The maximum Gasteiger partial charge on any atom is 0.335 e. The molecule has 0 radical (unpaired) electrons. The number of amides is 1. The van der Waals surface area contributed by atoms with E-state index in [1.54, 1.807) is 39.8 Å². The highest BCUT2D eigenvalue weighted by molar-refractivity contribution is 6.30. The molecule has 0 spiro atoms. The molecular formula is C25H30ClN7O3. The molecule has 190 valence electrons. The maximum atomic E-state index is 13.6. The van der Waals surface area contributed by atoms with Gasteiger partial charge in [-0.25, -0.2) is 14.8 Å². The summed E-state index contributed by atoms with van der Waals surface area (Å²) in [4.78, 5) is 39.0. The van der Waals surface area contributed by atoms with E-state index < -0.39 is 0 Å². The van der Waals surface area contributed by atoms with Crippen LogP contribution < -0.4 is 11.4 Å².